The summed E-state index contributed by atoms with van der Waals surface area (Å²) in [5.74, 6) is -1.19. The Morgan fingerprint density at radius 2 is 1.89 bits per heavy atom. The van der Waals surface area contributed by atoms with Crippen molar-refractivity contribution in [2.45, 2.75) is 44.8 Å². The number of rotatable bonds is 6. The largest absolute Gasteiger partial charge is 0.419 e. The molecule has 1 aromatic carbocycles. The number of hydrogen-bond acceptors (Lipinski definition) is 1. The highest BCUT2D eigenvalue weighted by Crippen LogP contribution is 2.31. The second-order valence-electron chi connectivity index (χ2n) is 4.62. The van der Waals surface area contributed by atoms with Gasteiger partial charge < -0.3 is 5.32 Å². The normalized spacial score (nSPS) is 13.6. The van der Waals surface area contributed by atoms with Gasteiger partial charge in [-0.3, -0.25) is 0 Å². The average molecular weight is 277 g/mol. The second kappa shape index (κ2) is 6.89. The number of aryl methyl sites for hydroxylation is 1. The van der Waals surface area contributed by atoms with Crippen LogP contribution >= 0.6 is 0 Å². The van der Waals surface area contributed by atoms with Crippen molar-refractivity contribution in [2.24, 2.45) is 0 Å². The lowest BCUT2D eigenvalue weighted by Crippen LogP contribution is -2.25. The molecule has 0 saturated heterocycles. The van der Waals surface area contributed by atoms with E-state index in [4.69, 9.17) is 0 Å². The highest BCUT2D eigenvalue weighted by atomic mass is 19.4. The van der Waals surface area contributed by atoms with E-state index in [0.717, 1.165) is 31.4 Å². The first kappa shape index (κ1) is 16.0. The van der Waals surface area contributed by atoms with Crippen molar-refractivity contribution in [3.63, 3.8) is 0 Å². The SMILES string of the molecule is CCCC(CCc1ccc(C(F)(F)F)c(F)c1)NC. The number of nitrogens with one attached hydrogen (secondary N) is 1. The summed E-state index contributed by atoms with van der Waals surface area (Å²) < 4.78 is 50.6. The summed E-state index contributed by atoms with van der Waals surface area (Å²) in [7, 11) is 1.85. The van der Waals surface area contributed by atoms with Crippen LogP contribution in [-0.4, -0.2) is 13.1 Å². The minimum atomic E-state index is -4.63. The molecule has 0 aliphatic heterocycles. The van der Waals surface area contributed by atoms with Crippen LogP contribution in [0, 0.1) is 5.82 Å². The lowest BCUT2D eigenvalue weighted by molar-refractivity contribution is -0.140. The molecular weight excluding hydrogens is 258 g/mol. The topological polar surface area (TPSA) is 12.0 Å². The summed E-state index contributed by atoms with van der Waals surface area (Å²) in [6.07, 6.45) is -1.24. The number of benzene rings is 1. The van der Waals surface area contributed by atoms with E-state index in [0.29, 0.717) is 18.0 Å². The Morgan fingerprint density at radius 3 is 2.37 bits per heavy atom. The van der Waals surface area contributed by atoms with Gasteiger partial charge in [0.05, 0.1) is 5.56 Å². The van der Waals surface area contributed by atoms with E-state index in [9.17, 15) is 17.6 Å². The fourth-order valence-corrected chi connectivity index (χ4v) is 2.07. The predicted octanol–water partition coefficient (Wildman–Crippen LogP) is 4.17. The van der Waals surface area contributed by atoms with Crippen molar-refractivity contribution < 1.29 is 17.6 Å². The van der Waals surface area contributed by atoms with Gasteiger partial charge in [-0.15, -0.1) is 0 Å². The smallest absolute Gasteiger partial charge is 0.317 e. The second-order valence-corrected chi connectivity index (χ2v) is 4.62. The molecule has 0 radical (unpaired) electrons. The molecule has 0 bridgehead atoms. The van der Waals surface area contributed by atoms with Crippen LogP contribution in [-0.2, 0) is 12.6 Å². The molecule has 0 spiro atoms. The summed E-state index contributed by atoms with van der Waals surface area (Å²) in [6, 6.07) is 3.47. The third-order valence-corrected chi connectivity index (χ3v) is 3.17. The summed E-state index contributed by atoms with van der Waals surface area (Å²) in [6.45, 7) is 2.07. The molecule has 0 aliphatic carbocycles. The molecule has 0 aromatic heterocycles. The van der Waals surface area contributed by atoms with Crippen LogP contribution in [0.3, 0.4) is 0 Å². The zero-order valence-corrected chi connectivity index (χ0v) is 11.1. The summed E-state index contributed by atoms with van der Waals surface area (Å²) in [4.78, 5) is 0. The van der Waals surface area contributed by atoms with Crippen LogP contribution in [0.1, 0.15) is 37.3 Å². The van der Waals surface area contributed by atoms with Gasteiger partial charge in [-0.25, -0.2) is 4.39 Å². The highest BCUT2D eigenvalue weighted by molar-refractivity contribution is 5.26. The van der Waals surface area contributed by atoms with E-state index in [1.54, 1.807) is 0 Å². The number of hydrogen-bond donors (Lipinski definition) is 1. The lowest BCUT2D eigenvalue weighted by atomic mass is 10.0. The summed E-state index contributed by atoms with van der Waals surface area (Å²) in [5, 5.41) is 3.15. The fraction of sp³-hybridized carbons (Fsp3) is 0.571. The quantitative estimate of drug-likeness (QED) is 0.770. The van der Waals surface area contributed by atoms with E-state index in [1.165, 1.54) is 6.07 Å². The maximum absolute atomic E-state index is 13.4. The van der Waals surface area contributed by atoms with E-state index in [1.807, 2.05) is 7.05 Å². The van der Waals surface area contributed by atoms with Gasteiger partial charge in [0, 0.05) is 6.04 Å². The third kappa shape index (κ3) is 4.82. The van der Waals surface area contributed by atoms with Gasteiger partial charge in [0.2, 0.25) is 0 Å². The fourth-order valence-electron chi connectivity index (χ4n) is 2.07. The Balaban J connectivity index is 2.69. The molecule has 1 N–H and O–H groups in total. The van der Waals surface area contributed by atoms with Gasteiger partial charge in [0.1, 0.15) is 5.82 Å². The Hall–Kier alpha value is -1.10. The molecule has 1 aromatic rings. The Bertz CT molecular complexity index is 401. The van der Waals surface area contributed by atoms with Gasteiger partial charge in [-0.2, -0.15) is 13.2 Å². The standard InChI is InChI=1S/C14H19F4N/c1-3-4-11(19-2)7-5-10-6-8-12(13(15)9-10)14(16,17)18/h6,8-9,11,19H,3-5,7H2,1-2H3. The van der Waals surface area contributed by atoms with Gasteiger partial charge in [-0.1, -0.05) is 19.4 Å². The van der Waals surface area contributed by atoms with Crippen molar-refractivity contribution in [3.05, 3.63) is 35.1 Å². The molecular formula is C14H19F4N. The van der Waals surface area contributed by atoms with Crippen molar-refractivity contribution in [1.29, 1.82) is 0 Å². The predicted molar refractivity (Wildman–Crippen MR) is 67.5 cm³/mol. The van der Waals surface area contributed by atoms with Gasteiger partial charge in [-0.05, 0) is 44.0 Å². The van der Waals surface area contributed by atoms with E-state index >= 15 is 0 Å². The van der Waals surface area contributed by atoms with Crippen LogP contribution < -0.4 is 5.32 Å². The van der Waals surface area contributed by atoms with Crippen LogP contribution in [0.2, 0.25) is 0 Å². The molecule has 0 amide bonds. The summed E-state index contributed by atoms with van der Waals surface area (Å²) in [5.41, 5.74) is -0.600. The first-order valence-corrected chi connectivity index (χ1v) is 6.41. The monoisotopic (exact) mass is 277 g/mol. The van der Waals surface area contributed by atoms with Crippen LogP contribution in [0.4, 0.5) is 17.6 Å². The maximum atomic E-state index is 13.4. The lowest BCUT2D eigenvalue weighted by Gasteiger charge is -2.15. The van der Waals surface area contributed by atoms with Crippen molar-refractivity contribution in [3.8, 4) is 0 Å². The van der Waals surface area contributed by atoms with Gasteiger partial charge >= 0.3 is 6.18 Å². The molecule has 108 valence electrons. The van der Waals surface area contributed by atoms with Crippen LogP contribution in [0.15, 0.2) is 18.2 Å². The molecule has 5 heteroatoms. The number of alkyl halides is 3. The van der Waals surface area contributed by atoms with Gasteiger partial charge in [0.25, 0.3) is 0 Å². The number of halogens is 4. The van der Waals surface area contributed by atoms with Gasteiger partial charge in [0.15, 0.2) is 0 Å². The minimum absolute atomic E-state index is 0.315. The highest BCUT2D eigenvalue weighted by Gasteiger charge is 2.33. The van der Waals surface area contributed by atoms with E-state index in [2.05, 4.69) is 12.2 Å². The molecule has 0 saturated carbocycles. The molecule has 19 heavy (non-hydrogen) atoms. The van der Waals surface area contributed by atoms with E-state index in [-0.39, 0.29) is 0 Å². The van der Waals surface area contributed by atoms with Crippen molar-refractivity contribution in [2.75, 3.05) is 7.05 Å². The third-order valence-electron chi connectivity index (χ3n) is 3.17. The Kier molecular flexibility index (Phi) is 5.79. The Morgan fingerprint density at radius 1 is 1.21 bits per heavy atom. The zero-order chi connectivity index (χ0) is 14.5. The molecule has 1 unspecified atom stereocenters. The minimum Gasteiger partial charge on any atom is -0.317 e. The molecule has 0 fully saturated rings. The average Bonchev–Trinajstić information content (AvgIpc) is 2.33. The van der Waals surface area contributed by atoms with Crippen LogP contribution in [0.25, 0.3) is 0 Å². The van der Waals surface area contributed by atoms with Crippen LogP contribution in [0.5, 0.6) is 0 Å². The summed E-state index contributed by atoms with van der Waals surface area (Å²) >= 11 is 0. The molecule has 0 aliphatic rings. The molecule has 1 nitrogen and oxygen atoms in total. The Labute approximate surface area is 111 Å². The molecule has 0 heterocycles. The molecule has 1 rings (SSSR count). The zero-order valence-electron chi connectivity index (χ0n) is 11.1. The first-order chi connectivity index (χ1) is 8.88. The van der Waals surface area contributed by atoms with Crippen molar-refractivity contribution in [1.82, 2.24) is 5.32 Å². The van der Waals surface area contributed by atoms with E-state index < -0.39 is 17.6 Å². The first-order valence-electron chi connectivity index (χ1n) is 6.41. The maximum Gasteiger partial charge on any atom is 0.419 e. The van der Waals surface area contributed by atoms with Crippen molar-refractivity contribution >= 4 is 0 Å². The molecule has 1 atom stereocenters.